The Labute approximate surface area is 191 Å². The second-order valence-corrected chi connectivity index (χ2v) is 9.88. The fourth-order valence-electron chi connectivity index (χ4n) is 3.68. The molecule has 0 radical (unpaired) electrons. The topological polar surface area (TPSA) is 83.9 Å². The van der Waals surface area contributed by atoms with Gasteiger partial charge in [-0.05, 0) is 60.4 Å². The zero-order chi connectivity index (χ0) is 22.9. The van der Waals surface area contributed by atoms with Gasteiger partial charge in [-0.2, -0.15) is 0 Å². The fourth-order valence-corrected chi connectivity index (χ4v) is 5.74. The van der Waals surface area contributed by atoms with Crippen LogP contribution in [-0.2, 0) is 14.6 Å². The molecule has 8 heteroatoms. The van der Waals surface area contributed by atoms with Gasteiger partial charge in [0, 0.05) is 10.6 Å². The Hall–Kier alpha value is -3.23. The number of carbonyl (C=O) groups is 1. The van der Waals surface area contributed by atoms with E-state index in [1.54, 1.807) is 66.4 Å². The van der Waals surface area contributed by atoms with Crippen LogP contribution in [0.1, 0.15) is 11.6 Å². The molecule has 1 aliphatic heterocycles. The van der Waals surface area contributed by atoms with E-state index in [4.69, 9.17) is 4.74 Å². The monoisotopic (exact) mass is 467 g/mol. The van der Waals surface area contributed by atoms with Gasteiger partial charge in [-0.25, -0.2) is 8.42 Å². The minimum atomic E-state index is -4.15. The van der Waals surface area contributed by atoms with Crippen LogP contribution in [0.15, 0.2) is 99.3 Å². The van der Waals surface area contributed by atoms with Gasteiger partial charge in [-0.15, -0.1) is 11.8 Å². The van der Waals surface area contributed by atoms with Crippen LogP contribution in [-0.4, -0.2) is 32.8 Å². The third-order valence-electron chi connectivity index (χ3n) is 5.29. The highest BCUT2D eigenvalue weighted by Crippen LogP contribution is 2.45. The average molecular weight is 468 g/mol. The maximum absolute atomic E-state index is 13.6. The minimum absolute atomic E-state index is 0.0108. The number of aliphatic hydroxyl groups excluding tert-OH is 1. The largest absolute Gasteiger partial charge is 0.502 e. The highest BCUT2D eigenvalue weighted by Gasteiger charge is 2.47. The summed E-state index contributed by atoms with van der Waals surface area (Å²) < 4.78 is 32.3. The molecule has 0 spiro atoms. The molecular formula is C24H21NO5S2. The maximum atomic E-state index is 13.6. The SMILES string of the molecule is COc1ccc(N2C(=O)C(O)=C(S(=O)(=O)c3ccccc3)C2c2ccc(SC)cc2)cc1. The first-order valence-corrected chi connectivity index (χ1v) is 12.4. The number of hydrogen-bond acceptors (Lipinski definition) is 6. The predicted octanol–water partition coefficient (Wildman–Crippen LogP) is 4.75. The Morgan fingerprint density at radius 3 is 2.12 bits per heavy atom. The van der Waals surface area contributed by atoms with E-state index in [9.17, 15) is 18.3 Å². The summed E-state index contributed by atoms with van der Waals surface area (Å²) in [5, 5.41) is 10.8. The summed E-state index contributed by atoms with van der Waals surface area (Å²) in [5.41, 5.74) is 1.02. The number of hydrogen-bond donors (Lipinski definition) is 1. The molecule has 0 aromatic heterocycles. The van der Waals surface area contributed by atoms with Gasteiger partial charge < -0.3 is 9.84 Å². The van der Waals surface area contributed by atoms with Crippen molar-refractivity contribution in [2.24, 2.45) is 0 Å². The Kier molecular flexibility index (Phi) is 5.99. The highest BCUT2D eigenvalue weighted by molar-refractivity contribution is 7.98. The Balaban J connectivity index is 1.91. The fraction of sp³-hybridized carbons (Fsp3) is 0.125. The molecule has 0 fully saturated rings. The molecule has 32 heavy (non-hydrogen) atoms. The molecule has 0 bridgehead atoms. The lowest BCUT2D eigenvalue weighted by Gasteiger charge is -2.27. The number of nitrogens with zero attached hydrogens (tertiary/aromatic N) is 1. The zero-order valence-electron chi connectivity index (χ0n) is 17.4. The molecule has 1 atom stereocenters. The number of ether oxygens (including phenoxy) is 1. The predicted molar refractivity (Wildman–Crippen MR) is 125 cm³/mol. The summed E-state index contributed by atoms with van der Waals surface area (Å²) in [6.45, 7) is 0. The average Bonchev–Trinajstić information content (AvgIpc) is 3.10. The maximum Gasteiger partial charge on any atom is 0.295 e. The van der Waals surface area contributed by atoms with E-state index in [0.29, 0.717) is 17.0 Å². The van der Waals surface area contributed by atoms with Gasteiger partial charge in [0.05, 0.1) is 12.0 Å². The van der Waals surface area contributed by atoms with Crippen LogP contribution in [0.25, 0.3) is 0 Å². The van der Waals surface area contributed by atoms with Crippen molar-refractivity contribution in [1.82, 2.24) is 0 Å². The van der Waals surface area contributed by atoms with Crippen molar-refractivity contribution in [1.29, 1.82) is 0 Å². The van der Waals surface area contributed by atoms with Gasteiger partial charge in [-0.3, -0.25) is 9.69 Å². The first-order chi connectivity index (χ1) is 15.4. The van der Waals surface area contributed by atoms with Gasteiger partial charge in [0.1, 0.15) is 16.7 Å². The Morgan fingerprint density at radius 2 is 1.56 bits per heavy atom. The van der Waals surface area contributed by atoms with Crippen molar-refractivity contribution < 1.29 is 23.1 Å². The number of benzene rings is 3. The number of sulfone groups is 1. The quantitative estimate of drug-likeness (QED) is 0.527. The van der Waals surface area contributed by atoms with Crippen molar-refractivity contribution in [2.75, 3.05) is 18.3 Å². The summed E-state index contributed by atoms with van der Waals surface area (Å²) in [5.74, 6) is -0.956. The smallest absolute Gasteiger partial charge is 0.295 e. The molecule has 1 unspecified atom stereocenters. The Bertz CT molecular complexity index is 1270. The van der Waals surface area contributed by atoms with Crippen molar-refractivity contribution in [3.8, 4) is 5.75 Å². The molecule has 0 aliphatic carbocycles. The van der Waals surface area contributed by atoms with Crippen LogP contribution < -0.4 is 9.64 Å². The van der Waals surface area contributed by atoms with Gasteiger partial charge in [0.2, 0.25) is 9.84 Å². The molecule has 164 valence electrons. The molecule has 1 N–H and O–H groups in total. The lowest BCUT2D eigenvalue weighted by Crippen LogP contribution is -2.31. The number of rotatable bonds is 6. The van der Waals surface area contributed by atoms with E-state index in [-0.39, 0.29) is 9.80 Å². The van der Waals surface area contributed by atoms with E-state index in [0.717, 1.165) is 4.90 Å². The second kappa shape index (κ2) is 8.72. The van der Waals surface area contributed by atoms with Crippen molar-refractivity contribution in [3.05, 3.63) is 95.1 Å². The van der Waals surface area contributed by atoms with Crippen LogP contribution >= 0.6 is 11.8 Å². The summed E-state index contributed by atoms with van der Waals surface area (Å²) in [4.78, 5) is 15.2. The lowest BCUT2D eigenvalue weighted by atomic mass is 10.1. The van der Waals surface area contributed by atoms with E-state index in [1.165, 1.54) is 24.1 Å². The van der Waals surface area contributed by atoms with Crippen molar-refractivity contribution in [2.45, 2.75) is 15.8 Å². The number of aliphatic hydroxyl groups is 1. The van der Waals surface area contributed by atoms with E-state index >= 15 is 0 Å². The van der Waals surface area contributed by atoms with E-state index in [2.05, 4.69) is 0 Å². The summed E-state index contributed by atoms with van der Waals surface area (Å²) in [6, 6.07) is 20.7. The molecule has 3 aromatic rings. The van der Waals surface area contributed by atoms with Crippen LogP contribution in [0.3, 0.4) is 0 Å². The van der Waals surface area contributed by atoms with Gasteiger partial charge >= 0.3 is 0 Å². The van der Waals surface area contributed by atoms with E-state index in [1.807, 2.05) is 18.4 Å². The normalized spacial score (nSPS) is 16.5. The zero-order valence-corrected chi connectivity index (χ0v) is 19.1. The van der Waals surface area contributed by atoms with Crippen LogP contribution in [0.4, 0.5) is 5.69 Å². The Morgan fingerprint density at radius 1 is 0.938 bits per heavy atom. The van der Waals surface area contributed by atoms with Crippen LogP contribution in [0.5, 0.6) is 5.75 Å². The van der Waals surface area contributed by atoms with Gasteiger partial charge in [0.15, 0.2) is 5.76 Å². The lowest BCUT2D eigenvalue weighted by molar-refractivity contribution is -0.117. The number of methoxy groups -OCH3 is 1. The number of anilines is 1. The molecule has 6 nitrogen and oxygen atoms in total. The van der Waals surface area contributed by atoms with Crippen molar-refractivity contribution in [3.63, 3.8) is 0 Å². The molecule has 0 saturated heterocycles. The molecule has 3 aromatic carbocycles. The number of amides is 1. The number of thioether (sulfide) groups is 1. The standard InChI is InChI=1S/C24H21NO5S2/c1-30-18-12-10-17(11-13-18)25-21(16-8-14-19(31-2)15-9-16)23(22(26)24(25)27)32(28,29)20-6-4-3-5-7-20/h3-15,21,26H,1-2H3. The second-order valence-electron chi connectivity index (χ2n) is 7.08. The third kappa shape index (κ3) is 3.76. The summed E-state index contributed by atoms with van der Waals surface area (Å²) in [7, 11) is -2.62. The van der Waals surface area contributed by atoms with Crippen LogP contribution in [0, 0.1) is 0 Å². The summed E-state index contributed by atoms with van der Waals surface area (Å²) in [6.07, 6.45) is 1.94. The molecule has 4 rings (SSSR count). The van der Waals surface area contributed by atoms with Gasteiger partial charge in [0.25, 0.3) is 5.91 Å². The minimum Gasteiger partial charge on any atom is -0.502 e. The van der Waals surface area contributed by atoms with Gasteiger partial charge in [-0.1, -0.05) is 30.3 Å². The molecular weight excluding hydrogens is 446 g/mol. The molecule has 0 saturated carbocycles. The number of carbonyl (C=O) groups excluding carboxylic acids is 1. The summed E-state index contributed by atoms with van der Waals surface area (Å²) >= 11 is 1.55. The van der Waals surface area contributed by atoms with Crippen molar-refractivity contribution >= 4 is 33.2 Å². The molecule has 1 aliphatic rings. The van der Waals surface area contributed by atoms with Crippen LogP contribution in [0.2, 0.25) is 0 Å². The molecule has 1 amide bonds. The van der Waals surface area contributed by atoms with E-state index < -0.39 is 27.5 Å². The first kappa shape index (κ1) is 22.0. The highest BCUT2D eigenvalue weighted by atomic mass is 32.2. The first-order valence-electron chi connectivity index (χ1n) is 9.73. The molecule has 1 heterocycles. The third-order valence-corrected chi connectivity index (χ3v) is 7.92.